The molecular weight excluding hydrogens is 270 g/mol. The smallest absolute Gasteiger partial charge is 0.185 e. The van der Waals surface area contributed by atoms with E-state index < -0.39 is 0 Å². The Labute approximate surface area is 126 Å². The topological polar surface area (TPSA) is 37.4 Å². The number of aryl methyl sites for hydroxylation is 1. The number of nitrogens with zero attached hydrogens (tertiary/aromatic N) is 2. The van der Waals surface area contributed by atoms with Crippen molar-refractivity contribution < 1.29 is 4.74 Å². The summed E-state index contributed by atoms with van der Waals surface area (Å²) in [6.07, 6.45) is 2.35. The van der Waals surface area contributed by atoms with E-state index in [1.165, 1.54) is 17.7 Å². The molecule has 1 unspecified atom stereocenters. The molecule has 2 rings (SSSR count). The van der Waals surface area contributed by atoms with Gasteiger partial charge in [-0.1, -0.05) is 6.92 Å². The second kappa shape index (κ2) is 7.38. The van der Waals surface area contributed by atoms with Gasteiger partial charge in [0.1, 0.15) is 0 Å². The molecule has 1 aromatic heterocycles. The van der Waals surface area contributed by atoms with E-state index in [9.17, 15) is 0 Å². The van der Waals surface area contributed by atoms with Crippen molar-refractivity contribution in [3.05, 3.63) is 10.6 Å². The van der Waals surface area contributed by atoms with E-state index in [1.807, 2.05) is 11.3 Å². The van der Waals surface area contributed by atoms with Crippen molar-refractivity contribution in [2.45, 2.75) is 39.7 Å². The zero-order valence-corrected chi connectivity index (χ0v) is 13.9. The van der Waals surface area contributed by atoms with Gasteiger partial charge in [0, 0.05) is 37.7 Å². The van der Waals surface area contributed by atoms with Crippen LogP contribution in [0.2, 0.25) is 0 Å². The van der Waals surface area contributed by atoms with Crippen LogP contribution >= 0.6 is 11.3 Å². The van der Waals surface area contributed by atoms with Crippen molar-refractivity contribution in [3.63, 3.8) is 0 Å². The van der Waals surface area contributed by atoms with E-state index in [2.05, 4.69) is 38.0 Å². The average molecular weight is 297 g/mol. The number of hydrogen-bond acceptors (Lipinski definition) is 5. The monoisotopic (exact) mass is 297 g/mol. The molecule has 1 N–H and O–H groups in total. The van der Waals surface area contributed by atoms with E-state index in [-0.39, 0.29) is 0 Å². The van der Waals surface area contributed by atoms with Gasteiger partial charge in [-0.2, -0.15) is 0 Å². The van der Waals surface area contributed by atoms with E-state index in [4.69, 9.17) is 9.72 Å². The molecule has 0 amide bonds. The highest BCUT2D eigenvalue weighted by Crippen LogP contribution is 2.31. The molecule has 2 heterocycles. The number of nitrogens with one attached hydrogen (secondary N) is 1. The molecule has 0 aliphatic carbocycles. The number of hydrogen-bond donors (Lipinski definition) is 1. The zero-order chi connectivity index (χ0) is 14.5. The minimum atomic E-state index is 0.391. The van der Waals surface area contributed by atoms with Crippen LogP contribution in [0.15, 0.2) is 0 Å². The second-order valence-corrected chi connectivity index (χ2v) is 6.67. The highest BCUT2D eigenvalue weighted by Gasteiger charge is 2.19. The molecule has 0 saturated carbocycles. The van der Waals surface area contributed by atoms with Crippen LogP contribution < -0.4 is 10.2 Å². The second-order valence-electron chi connectivity index (χ2n) is 5.66. The lowest BCUT2D eigenvalue weighted by Gasteiger charge is -2.26. The number of thiazole rings is 1. The Hall–Kier alpha value is -0.650. The van der Waals surface area contributed by atoms with Crippen molar-refractivity contribution in [3.8, 4) is 0 Å². The van der Waals surface area contributed by atoms with Crippen molar-refractivity contribution in [1.29, 1.82) is 0 Å². The third-order valence-corrected chi connectivity index (χ3v) is 5.38. The minimum Gasteiger partial charge on any atom is -0.381 e. The summed E-state index contributed by atoms with van der Waals surface area (Å²) in [4.78, 5) is 8.43. The van der Waals surface area contributed by atoms with Gasteiger partial charge >= 0.3 is 0 Å². The zero-order valence-electron chi connectivity index (χ0n) is 13.1. The van der Waals surface area contributed by atoms with Crippen molar-refractivity contribution in [2.24, 2.45) is 5.92 Å². The molecule has 1 saturated heterocycles. The Bertz CT molecular complexity index is 415. The van der Waals surface area contributed by atoms with Crippen LogP contribution in [0, 0.1) is 12.8 Å². The minimum absolute atomic E-state index is 0.391. The maximum absolute atomic E-state index is 5.43. The standard InChI is InChI=1S/C15H27N3OS/c1-5-16-11(2)14-12(3)17-15(20-14)18(4)10-13-6-8-19-9-7-13/h11,13,16H,5-10H2,1-4H3. The third kappa shape index (κ3) is 3.93. The van der Waals surface area contributed by atoms with E-state index in [1.54, 1.807) is 0 Å². The number of rotatable bonds is 6. The molecule has 114 valence electrons. The molecule has 0 bridgehead atoms. The van der Waals surface area contributed by atoms with E-state index >= 15 is 0 Å². The summed E-state index contributed by atoms with van der Waals surface area (Å²) in [7, 11) is 2.16. The fraction of sp³-hybridized carbons (Fsp3) is 0.800. The fourth-order valence-electron chi connectivity index (χ4n) is 2.75. The van der Waals surface area contributed by atoms with Crippen LogP contribution in [0.5, 0.6) is 0 Å². The average Bonchev–Trinajstić information content (AvgIpc) is 2.82. The molecule has 4 nitrogen and oxygen atoms in total. The molecule has 0 aromatic carbocycles. The van der Waals surface area contributed by atoms with Gasteiger partial charge < -0.3 is 15.0 Å². The molecule has 1 fully saturated rings. The van der Waals surface area contributed by atoms with Gasteiger partial charge in [0.2, 0.25) is 0 Å². The van der Waals surface area contributed by atoms with E-state index in [0.29, 0.717) is 6.04 Å². The SMILES string of the molecule is CCNC(C)c1sc(N(C)CC2CCOCC2)nc1C. The molecule has 20 heavy (non-hydrogen) atoms. The summed E-state index contributed by atoms with van der Waals surface area (Å²) in [6.45, 7) is 10.4. The predicted molar refractivity (Wildman–Crippen MR) is 85.8 cm³/mol. The van der Waals surface area contributed by atoms with Gasteiger partial charge in [-0.15, -0.1) is 11.3 Å². The largest absolute Gasteiger partial charge is 0.381 e. The van der Waals surface area contributed by atoms with Crippen LogP contribution in [-0.4, -0.2) is 38.3 Å². The number of ether oxygens (including phenoxy) is 1. The van der Waals surface area contributed by atoms with Crippen LogP contribution in [0.25, 0.3) is 0 Å². The first-order chi connectivity index (χ1) is 9.61. The van der Waals surface area contributed by atoms with Crippen LogP contribution in [-0.2, 0) is 4.74 Å². The normalized spacial score (nSPS) is 18.2. The Morgan fingerprint density at radius 3 is 2.80 bits per heavy atom. The molecule has 5 heteroatoms. The molecule has 1 aliphatic rings. The lowest BCUT2D eigenvalue weighted by Crippen LogP contribution is -2.29. The van der Waals surface area contributed by atoms with E-state index in [0.717, 1.165) is 43.0 Å². The Kier molecular flexibility index (Phi) is 5.81. The van der Waals surface area contributed by atoms with Gasteiger partial charge in [-0.25, -0.2) is 4.98 Å². The number of aromatic nitrogens is 1. The first-order valence-corrected chi connectivity index (χ1v) is 8.43. The Balaban J connectivity index is 1.99. The van der Waals surface area contributed by atoms with Gasteiger partial charge in [-0.3, -0.25) is 0 Å². The van der Waals surface area contributed by atoms with Crippen molar-refractivity contribution >= 4 is 16.5 Å². The van der Waals surface area contributed by atoms with Crippen LogP contribution in [0.3, 0.4) is 0 Å². The van der Waals surface area contributed by atoms with Gasteiger partial charge in [0.25, 0.3) is 0 Å². The molecule has 0 spiro atoms. The van der Waals surface area contributed by atoms with Gasteiger partial charge in [0.15, 0.2) is 5.13 Å². The lowest BCUT2D eigenvalue weighted by molar-refractivity contribution is 0.0685. The summed E-state index contributed by atoms with van der Waals surface area (Å²) < 4.78 is 5.43. The summed E-state index contributed by atoms with van der Waals surface area (Å²) in [5.41, 5.74) is 1.16. The first kappa shape index (κ1) is 15.7. The maximum atomic E-state index is 5.43. The molecule has 1 atom stereocenters. The molecule has 1 aromatic rings. The molecule has 0 radical (unpaired) electrons. The highest BCUT2D eigenvalue weighted by molar-refractivity contribution is 7.15. The van der Waals surface area contributed by atoms with Crippen LogP contribution in [0.1, 0.15) is 43.3 Å². The molecular formula is C15H27N3OS. The third-order valence-electron chi connectivity index (χ3n) is 3.92. The fourth-order valence-corrected chi connectivity index (χ4v) is 3.81. The predicted octanol–water partition coefficient (Wildman–Crippen LogP) is 2.98. The Morgan fingerprint density at radius 1 is 1.45 bits per heavy atom. The van der Waals surface area contributed by atoms with Gasteiger partial charge in [-0.05, 0) is 39.2 Å². The number of anilines is 1. The first-order valence-electron chi connectivity index (χ1n) is 7.61. The summed E-state index contributed by atoms with van der Waals surface area (Å²) in [5.74, 6) is 0.743. The Morgan fingerprint density at radius 2 is 2.15 bits per heavy atom. The summed E-state index contributed by atoms with van der Waals surface area (Å²) in [6, 6.07) is 0.391. The lowest BCUT2D eigenvalue weighted by atomic mass is 10.0. The quantitative estimate of drug-likeness (QED) is 0.876. The summed E-state index contributed by atoms with van der Waals surface area (Å²) >= 11 is 1.83. The van der Waals surface area contributed by atoms with Gasteiger partial charge in [0.05, 0.1) is 5.69 Å². The maximum Gasteiger partial charge on any atom is 0.185 e. The highest BCUT2D eigenvalue weighted by atomic mass is 32.1. The summed E-state index contributed by atoms with van der Waals surface area (Å²) in [5, 5.41) is 4.62. The van der Waals surface area contributed by atoms with Crippen molar-refractivity contribution in [2.75, 3.05) is 38.3 Å². The van der Waals surface area contributed by atoms with Crippen LogP contribution in [0.4, 0.5) is 5.13 Å². The molecule has 1 aliphatic heterocycles. The van der Waals surface area contributed by atoms with Crippen molar-refractivity contribution in [1.82, 2.24) is 10.3 Å².